The van der Waals surface area contributed by atoms with Gasteiger partial charge in [0.15, 0.2) is 0 Å². The van der Waals surface area contributed by atoms with Crippen LogP contribution in [0.2, 0.25) is 0 Å². The minimum atomic E-state index is -4.44. The summed E-state index contributed by atoms with van der Waals surface area (Å²) in [7, 11) is 0. The van der Waals surface area contributed by atoms with Gasteiger partial charge in [-0.1, -0.05) is 18.2 Å². The number of rotatable bonds is 5. The molecule has 0 N–H and O–H groups in total. The SMILES string of the molecule is CC(=O)N1CCN(C(=O)[C@H]2Cc3cc(C(F)(F)F)ccc3N3CCN(CCOc4ccccc4)C[C@H]23)CC1. The molecule has 2 atom stereocenters. The molecule has 0 aromatic heterocycles. The van der Waals surface area contributed by atoms with Crippen LogP contribution in [0.3, 0.4) is 0 Å². The third kappa shape index (κ3) is 5.60. The van der Waals surface area contributed by atoms with Crippen molar-refractivity contribution in [2.24, 2.45) is 5.92 Å². The Morgan fingerprint density at radius 2 is 1.66 bits per heavy atom. The number of hydrogen-bond donors (Lipinski definition) is 0. The first-order chi connectivity index (χ1) is 18.2. The molecule has 0 saturated carbocycles. The number of carbonyl (C=O) groups is 2. The maximum atomic E-state index is 13.8. The Morgan fingerprint density at radius 1 is 0.947 bits per heavy atom. The molecule has 7 nitrogen and oxygen atoms in total. The van der Waals surface area contributed by atoms with Crippen molar-refractivity contribution in [2.75, 3.05) is 63.9 Å². The molecule has 10 heteroatoms. The van der Waals surface area contributed by atoms with Gasteiger partial charge in [0.1, 0.15) is 12.4 Å². The van der Waals surface area contributed by atoms with E-state index in [4.69, 9.17) is 4.74 Å². The van der Waals surface area contributed by atoms with E-state index < -0.39 is 17.7 Å². The number of amides is 2. The van der Waals surface area contributed by atoms with Crippen LogP contribution < -0.4 is 9.64 Å². The van der Waals surface area contributed by atoms with Gasteiger partial charge in [0, 0.05) is 65.0 Å². The first kappa shape index (κ1) is 26.3. The molecule has 3 aliphatic heterocycles. The zero-order valence-electron chi connectivity index (χ0n) is 21.5. The lowest BCUT2D eigenvalue weighted by molar-refractivity contribution is -0.142. The number of piperazine rings is 2. The smallest absolute Gasteiger partial charge is 0.416 e. The number of halogens is 3. The van der Waals surface area contributed by atoms with E-state index in [1.54, 1.807) is 15.9 Å². The topological polar surface area (TPSA) is 56.3 Å². The van der Waals surface area contributed by atoms with E-state index in [1.807, 2.05) is 30.3 Å². The van der Waals surface area contributed by atoms with Crippen molar-refractivity contribution in [3.8, 4) is 5.75 Å². The van der Waals surface area contributed by atoms with Crippen LogP contribution in [0.25, 0.3) is 0 Å². The summed E-state index contributed by atoms with van der Waals surface area (Å²) in [5, 5.41) is 0. The molecule has 2 amide bonds. The van der Waals surface area contributed by atoms with Crippen LogP contribution in [0.5, 0.6) is 5.75 Å². The van der Waals surface area contributed by atoms with Gasteiger partial charge >= 0.3 is 6.18 Å². The molecule has 0 spiro atoms. The Kier molecular flexibility index (Phi) is 7.52. The molecule has 2 aromatic carbocycles. The van der Waals surface area contributed by atoms with E-state index in [9.17, 15) is 22.8 Å². The van der Waals surface area contributed by atoms with Crippen molar-refractivity contribution in [2.45, 2.75) is 25.6 Å². The molecule has 2 saturated heterocycles. The second kappa shape index (κ2) is 10.8. The van der Waals surface area contributed by atoms with Crippen LogP contribution in [-0.2, 0) is 22.2 Å². The van der Waals surface area contributed by atoms with Crippen molar-refractivity contribution in [1.29, 1.82) is 0 Å². The molecule has 204 valence electrons. The Hall–Kier alpha value is -3.27. The molecule has 0 bridgehead atoms. The minimum Gasteiger partial charge on any atom is -0.492 e. The summed E-state index contributed by atoms with van der Waals surface area (Å²) >= 11 is 0. The highest BCUT2D eigenvalue weighted by Gasteiger charge is 2.44. The number of carbonyl (C=O) groups excluding carboxylic acids is 2. The Balaban J connectivity index is 1.34. The molecule has 3 aliphatic rings. The van der Waals surface area contributed by atoms with E-state index in [-0.39, 0.29) is 24.3 Å². The summed E-state index contributed by atoms with van der Waals surface area (Å²) in [6.07, 6.45) is -4.17. The van der Waals surface area contributed by atoms with Gasteiger partial charge in [-0.15, -0.1) is 0 Å². The monoisotopic (exact) mass is 530 g/mol. The summed E-state index contributed by atoms with van der Waals surface area (Å²) in [5.41, 5.74) is 0.666. The van der Waals surface area contributed by atoms with E-state index in [0.717, 1.165) is 24.0 Å². The van der Waals surface area contributed by atoms with Gasteiger partial charge in [-0.25, -0.2) is 0 Å². The lowest BCUT2D eigenvalue weighted by Crippen LogP contribution is -2.62. The predicted octanol–water partition coefficient (Wildman–Crippen LogP) is 3.14. The van der Waals surface area contributed by atoms with Gasteiger partial charge in [-0.3, -0.25) is 14.5 Å². The summed E-state index contributed by atoms with van der Waals surface area (Å²) in [6.45, 7) is 6.51. The van der Waals surface area contributed by atoms with E-state index in [1.165, 1.54) is 13.0 Å². The zero-order chi connectivity index (χ0) is 26.9. The first-order valence-corrected chi connectivity index (χ1v) is 13.1. The first-order valence-electron chi connectivity index (χ1n) is 13.1. The lowest BCUT2D eigenvalue weighted by atomic mass is 9.82. The molecule has 0 aliphatic carbocycles. The largest absolute Gasteiger partial charge is 0.492 e. The molecule has 0 unspecified atom stereocenters. The van der Waals surface area contributed by atoms with Crippen LogP contribution in [0.15, 0.2) is 48.5 Å². The van der Waals surface area contributed by atoms with Crippen LogP contribution >= 0.6 is 0 Å². The van der Waals surface area contributed by atoms with Crippen molar-refractivity contribution < 1.29 is 27.5 Å². The molecule has 3 heterocycles. The normalized spacial score (nSPS) is 22.1. The summed E-state index contributed by atoms with van der Waals surface area (Å²) < 4.78 is 46.4. The summed E-state index contributed by atoms with van der Waals surface area (Å²) in [6, 6.07) is 13.3. The Morgan fingerprint density at radius 3 is 2.34 bits per heavy atom. The molecule has 38 heavy (non-hydrogen) atoms. The van der Waals surface area contributed by atoms with Crippen LogP contribution in [0.1, 0.15) is 18.1 Å². The fraction of sp³-hybridized carbons (Fsp3) is 0.500. The molecule has 0 radical (unpaired) electrons. The fourth-order valence-electron chi connectivity index (χ4n) is 5.83. The maximum Gasteiger partial charge on any atom is 0.416 e. The van der Waals surface area contributed by atoms with Gasteiger partial charge in [-0.2, -0.15) is 13.2 Å². The number of anilines is 1. The fourth-order valence-corrected chi connectivity index (χ4v) is 5.83. The molecule has 5 rings (SSSR count). The van der Waals surface area contributed by atoms with Crippen molar-refractivity contribution in [1.82, 2.24) is 14.7 Å². The average Bonchev–Trinajstić information content (AvgIpc) is 2.92. The number of alkyl halides is 3. The summed E-state index contributed by atoms with van der Waals surface area (Å²) in [5.74, 6) is 0.271. The average molecular weight is 531 g/mol. The van der Waals surface area contributed by atoms with Gasteiger partial charge in [0.25, 0.3) is 0 Å². The highest BCUT2D eigenvalue weighted by molar-refractivity contribution is 5.83. The lowest BCUT2D eigenvalue weighted by Gasteiger charge is -2.50. The number of hydrogen-bond acceptors (Lipinski definition) is 5. The molecule has 2 aromatic rings. The number of fused-ring (bicyclic) bond motifs is 3. The van der Waals surface area contributed by atoms with Crippen molar-refractivity contribution >= 4 is 17.5 Å². The van der Waals surface area contributed by atoms with Gasteiger partial charge in [-0.05, 0) is 42.3 Å². The standard InChI is InChI=1S/C28H33F3N4O3/c1-20(36)33-10-12-34(13-11-33)27(37)24-18-21-17-22(28(29,30)31)7-8-25(21)35-14-9-32(19-26(24)35)15-16-38-23-5-3-2-4-6-23/h2-8,17,24,26H,9-16,18-19H2,1H3/t24-,26+/m0/s1. The third-order valence-corrected chi connectivity index (χ3v) is 7.90. The van der Waals surface area contributed by atoms with Crippen LogP contribution in [0, 0.1) is 5.92 Å². The van der Waals surface area contributed by atoms with Gasteiger partial charge in [0.05, 0.1) is 17.5 Å². The minimum absolute atomic E-state index is 0.0183. The second-order valence-corrected chi connectivity index (χ2v) is 10.2. The highest BCUT2D eigenvalue weighted by atomic mass is 19.4. The van der Waals surface area contributed by atoms with E-state index in [2.05, 4.69) is 9.80 Å². The summed E-state index contributed by atoms with van der Waals surface area (Å²) in [4.78, 5) is 33.4. The van der Waals surface area contributed by atoms with E-state index in [0.29, 0.717) is 58.0 Å². The molecular weight excluding hydrogens is 497 g/mol. The maximum absolute atomic E-state index is 13.8. The van der Waals surface area contributed by atoms with Crippen molar-refractivity contribution in [3.05, 3.63) is 59.7 Å². The quantitative estimate of drug-likeness (QED) is 0.595. The Bertz CT molecular complexity index is 1150. The van der Waals surface area contributed by atoms with Gasteiger partial charge < -0.3 is 19.4 Å². The number of nitrogens with zero attached hydrogens (tertiary/aromatic N) is 4. The second-order valence-electron chi connectivity index (χ2n) is 10.2. The number of benzene rings is 2. The molecule has 2 fully saturated rings. The van der Waals surface area contributed by atoms with E-state index >= 15 is 0 Å². The molecular formula is C28H33F3N4O3. The van der Waals surface area contributed by atoms with Crippen LogP contribution in [-0.4, -0.2) is 91.5 Å². The Labute approximate surface area is 220 Å². The van der Waals surface area contributed by atoms with Crippen molar-refractivity contribution in [3.63, 3.8) is 0 Å². The van der Waals surface area contributed by atoms with Gasteiger partial charge in [0.2, 0.25) is 11.8 Å². The third-order valence-electron chi connectivity index (χ3n) is 7.90. The number of para-hydroxylation sites is 1. The predicted molar refractivity (Wildman–Crippen MR) is 137 cm³/mol. The number of ether oxygens (including phenoxy) is 1. The zero-order valence-corrected chi connectivity index (χ0v) is 21.5. The van der Waals surface area contributed by atoms with Crippen LogP contribution in [0.4, 0.5) is 18.9 Å². The highest BCUT2D eigenvalue weighted by Crippen LogP contribution is 2.40.